The van der Waals surface area contributed by atoms with Gasteiger partial charge in [0.15, 0.2) is 0 Å². The van der Waals surface area contributed by atoms with Crippen molar-refractivity contribution in [3.63, 3.8) is 0 Å². The third-order valence-electron chi connectivity index (χ3n) is 2.28. The lowest BCUT2D eigenvalue weighted by atomic mass is 10.2. The predicted octanol–water partition coefficient (Wildman–Crippen LogP) is 3.36. The lowest BCUT2D eigenvalue weighted by Crippen LogP contribution is -2.36. The van der Waals surface area contributed by atoms with Crippen LogP contribution in [0.3, 0.4) is 0 Å². The summed E-state index contributed by atoms with van der Waals surface area (Å²) in [6.07, 6.45) is -0.518. The van der Waals surface area contributed by atoms with Crippen molar-refractivity contribution < 1.29 is 14.5 Å². The first kappa shape index (κ1) is 14.9. The van der Waals surface area contributed by atoms with E-state index in [0.717, 1.165) is 0 Å². The zero-order valence-electron chi connectivity index (χ0n) is 11.5. The maximum Gasteiger partial charge on any atom is 0.414 e. The van der Waals surface area contributed by atoms with E-state index in [1.807, 2.05) is 0 Å². The Hall–Kier alpha value is -2.11. The van der Waals surface area contributed by atoms with Crippen LogP contribution in [0.5, 0.6) is 0 Å². The predicted molar refractivity (Wildman–Crippen MR) is 72.4 cm³/mol. The van der Waals surface area contributed by atoms with Crippen molar-refractivity contribution in [1.82, 2.24) is 0 Å². The summed E-state index contributed by atoms with van der Waals surface area (Å²) < 4.78 is 5.26. The number of nitro groups is 1. The molecule has 0 saturated carbocycles. The van der Waals surface area contributed by atoms with Gasteiger partial charge in [0, 0.05) is 18.7 Å². The molecule has 0 radical (unpaired) electrons. The fourth-order valence-corrected chi connectivity index (χ4v) is 1.51. The Bertz CT molecular complexity index is 480. The monoisotopic (exact) mass is 266 g/mol. The number of nitrogens with zero attached hydrogens (tertiary/aromatic N) is 2. The van der Waals surface area contributed by atoms with Gasteiger partial charge in [0.05, 0.1) is 10.6 Å². The first-order valence-electron chi connectivity index (χ1n) is 5.99. The van der Waals surface area contributed by atoms with Crippen LogP contribution in [0.25, 0.3) is 0 Å². The summed E-state index contributed by atoms with van der Waals surface area (Å²) in [5.41, 5.74) is -0.212. The third kappa shape index (κ3) is 4.24. The average Bonchev–Trinajstić information content (AvgIpc) is 2.27. The van der Waals surface area contributed by atoms with E-state index in [2.05, 4.69) is 0 Å². The molecule has 1 rings (SSSR count). The molecule has 0 aromatic heterocycles. The summed E-state index contributed by atoms with van der Waals surface area (Å²) in [5.74, 6) is 0. The zero-order chi connectivity index (χ0) is 14.6. The van der Waals surface area contributed by atoms with Crippen LogP contribution in [0, 0.1) is 10.1 Å². The summed E-state index contributed by atoms with van der Waals surface area (Å²) in [6.45, 7) is 7.46. The number of ether oxygens (including phenoxy) is 1. The van der Waals surface area contributed by atoms with Gasteiger partial charge in [0.1, 0.15) is 5.60 Å². The standard InChI is InChI=1S/C13H18N2O4/c1-5-14(12(16)19-13(2,3)4)10-7-6-8-11(9-10)15(17)18/h6-9H,5H2,1-4H3. The van der Waals surface area contributed by atoms with Gasteiger partial charge in [0.25, 0.3) is 5.69 Å². The van der Waals surface area contributed by atoms with Gasteiger partial charge in [-0.25, -0.2) is 4.79 Å². The summed E-state index contributed by atoms with van der Waals surface area (Å²) in [7, 11) is 0. The van der Waals surface area contributed by atoms with Crippen molar-refractivity contribution in [2.45, 2.75) is 33.3 Å². The number of rotatable bonds is 3. The van der Waals surface area contributed by atoms with E-state index in [1.54, 1.807) is 39.8 Å². The molecule has 1 aromatic carbocycles. The maximum atomic E-state index is 12.0. The van der Waals surface area contributed by atoms with Crippen molar-refractivity contribution in [1.29, 1.82) is 0 Å². The minimum atomic E-state index is -0.606. The molecule has 0 bridgehead atoms. The number of amides is 1. The van der Waals surface area contributed by atoms with Crippen LogP contribution in [-0.4, -0.2) is 23.2 Å². The molecule has 0 atom stereocenters. The second-order valence-electron chi connectivity index (χ2n) is 5.00. The molecule has 19 heavy (non-hydrogen) atoms. The normalized spacial score (nSPS) is 10.9. The van der Waals surface area contributed by atoms with Crippen LogP contribution in [0.2, 0.25) is 0 Å². The fourth-order valence-electron chi connectivity index (χ4n) is 1.51. The lowest BCUT2D eigenvalue weighted by Gasteiger charge is -2.26. The molecular weight excluding hydrogens is 248 g/mol. The smallest absolute Gasteiger partial charge is 0.414 e. The minimum Gasteiger partial charge on any atom is -0.443 e. The van der Waals surface area contributed by atoms with Crippen LogP contribution in [0.1, 0.15) is 27.7 Å². The molecular formula is C13H18N2O4. The number of benzene rings is 1. The van der Waals surface area contributed by atoms with Crippen LogP contribution >= 0.6 is 0 Å². The molecule has 104 valence electrons. The SMILES string of the molecule is CCN(C(=O)OC(C)(C)C)c1cccc([N+](=O)[O-])c1. The second-order valence-corrected chi connectivity index (χ2v) is 5.00. The van der Waals surface area contributed by atoms with E-state index >= 15 is 0 Å². The average molecular weight is 266 g/mol. The number of non-ortho nitro benzene ring substituents is 1. The quantitative estimate of drug-likeness (QED) is 0.621. The molecule has 0 spiro atoms. The Kier molecular flexibility index (Phi) is 4.47. The second kappa shape index (κ2) is 5.69. The molecule has 0 heterocycles. The molecule has 1 amide bonds. The Morgan fingerprint density at radius 1 is 1.42 bits per heavy atom. The van der Waals surface area contributed by atoms with Crippen LogP contribution in [0.15, 0.2) is 24.3 Å². The Morgan fingerprint density at radius 2 is 2.05 bits per heavy atom. The number of carbonyl (C=O) groups excluding carboxylic acids is 1. The van der Waals surface area contributed by atoms with E-state index in [-0.39, 0.29) is 5.69 Å². The molecule has 0 unspecified atom stereocenters. The summed E-state index contributed by atoms with van der Waals surface area (Å²) in [5, 5.41) is 10.7. The van der Waals surface area contributed by atoms with E-state index < -0.39 is 16.6 Å². The Labute approximate surface area is 112 Å². The van der Waals surface area contributed by atoms with Crippen molar-refractivity contribution in [3.8, 4) is 0 Å². The third-order valence-corrected chi connectivity index (χ3v) is 2.28. The van der Waals surface area contributed by atoms with Gasteiger partial charge >= 0.3 is 6.09 Å². The van der Waals surface area contributed by atoms with Crippen molar-refractivity contribution in [3.05, 3.63) is 34.4 Å². The largest absolute Gasteiger partial charge is 0.443 e. The Balaban J connectivity index is 3.00. The Morgan fingerprint density at radius 3 is 2.53 bits per heavy atom. The molecule has 0 saturated heterocycles. The zero-order valence-corrected chi connectivity index (χ0v) is 11.5. The van der Waals surface area contributed by atoms with E-state index in [9.17, 15) is 14.9 Å². The van der Waals surface area contributed by atoms with Crippen molar-refractivity contribution in [2.24, 2.45) is 0 Å². The molecule has 0 aliphatic heterocycles. The van der Waals surface area contributed by atoms with Crippen molar-refractivity contribution >= 4 is 17.5 Å². The van der Waals surface area contributed by atoms with Gasteiger partial charge < -0.3 is 4.74 Å². The molecule has 0 aliphatic rings. The van der Waals surface area contributed by atoms with Crippen LogP contribution in [0.4, 0.5) is 16.2 Å². The van der Waals surface area contributed by atoms with E-state index in [0.29, 0.717) is 12.2 Å². The number of nitro benzene ring substituents is 1. The molecule has 0 fully saturated rings. The van der Waals surface area contributed by atoms with Gasteiger partial charge in [-0.3, -0.25) is 15.0 Å². The molecule has 0 aliphatic carbocycles. The molecule has 1 aromatic rings. The maximum absolute atomic E-state index is 12.0. The first-order valence-corrected chi connectivity index (χ1v) is 5.99. The summed E-state index contributed by atoms with van der Waals surface area (Å²) in [4.78, 5) is 23.6. The van der Waals surface area contributed by atoms with Crippen LogP contribution in [-0.2, 0) is 4.74 Å². The summed E-state index contributed by atoms with van der Waals surface area (Å²) in [6, 6.07) is 5.92. The molecule has 0 N–H and O–H groups in total. The van der Waals surface area contributed by atoms with Gasteiger partial charge in [-0.15, -0.1) is 0 Å². The topological polar surface area (TPSA) is 72.7 Å². The number of carbonyl (C=O) groups is 1. The minimum absolute atomic E-state index is 0.0560. The van der Waals surface area contributed by atoms with Crippen molar-refractivity contribution in [2.75, 3.05) is 11.4 Å². The molecule has 6 heteroatoms. The van der Waals surface area contributed by atoms with E-state index in [1.165, 1.54) is 17.0 Å². The number of anilines is 1. The number of hydrogen-bond acceptors (Lipinski definition) is 4. The highest BCUT2D eigenvalue weighted by atomic mass is 16.6. The first-order chi connectivity index (χ1) is 8.74. The highest BCUT2D eigenvalue weighted by Crippen LogP contribution is 2.22. The fraction of sp³-hybridized carbons (Fsp3) is 0.462. The molecule has 6 nitrogen and oxygen atoms in total. The highest BCUT2D eigenvalue weighted by molar-refractivity contribution is 5.88. The van der Waals surface area contributed by atoms with Crippen LogP contribution < -0.4 is 4.90 Å². The summed E-state index contributed by atoms with van der Waals surface area (Å²) >= 11 is 0. The van der Waals surface area contributed by atoms with Gasteiger partial charge in [-0.05, 0) is 33.8 Å². The van der Waals surface area contributed by atoms with Gasteiger partial charge in [-0.1, -0.05) is 6.07 Å². The lowest BCUT2D eigenvalue weighted by molar-refractivity contribution is -0.384. The highest BCUT2D eigenvalue weighted by Gasteiger charge is 2.23. The van der Waals surface area contributed by atoms with Gasteiger partial charge in [0.2, 0.25) is 0 Å². The van der Waals surface area contributed by atoms with E-state index in [4.69, 9.17) is 4.74 Å². The van der Waals surface area contributed by atoms with Gasteiger partial charge in [-0.2, -0.15) is 0 Å². The number of hydrogen-bond donors (Lipinski definition) is 0.